The van der Waals surface area contributed by atoms with Crippen molar-refractivity contribution in [1.82, 2.24) is 19.7 Å². The largest absolute Gasteiger partial charge is 1.00 e. The number of urea groups is 1. The minimum atomic E-state index is -1.38. The Balaban J connectivity index is 0.00000216. The Morgan fingerprint density at radius 3 is 2.57 bits per heavy atom. The molecule has 0 aliphatic carbocycles. The summed E-state index contributed by atoms with van der Waals surface area (Å²) in [7, 11) is 1.44. The molecule has 4 aromatic rings. The van der Waals surface area contributed by atoms with E-state index >= 15 is 0 Å². The average Bonchev–Trinajstić information content (AvgIpc) is 3.23. The first-order valence-electron chi connectivity index (χ1n) is 10.0. The van der Waals surface area contributed by atoms with Gasteiger partial charge in [0.15, 0.2) is 0 Å². The second-order valence-corrected chi connectivity index (χ2v) is 7.41. The molecule has 0 radical (unpaired) electrons. The van der Waals surface area contributed by atoms with E-state index < -0.39 is 41.5 Å². The fourth-order valence-corrected chi connectivity index (χ4v) is 3.50. The number of rotatable bonds is 6. The number of aryl methyl sites for hydroxylation is 1. The van der Waals surface area contributed by atoms with Crippen LogP contribution in [0.4, 0.5) is 10.5 Å². The number of hydrogen-bond donors (Lipinski definition) is 2. The van der Waals surface area contributed by atoms with Crippen LogP contribution in [-0.2, 0) is 11.8 Å². The molecular formula is C23H19N5Na2O5. The van der Waals surface area contributed by atoms with Crippen LogP contribution in [0.2, 0.25) is 0 Å². The number of amides is 2. The first kappa shape index (κ1) is 28.6. The smallest absolute Gasteiger partial charge is 0.871 e. The number of nitrogens with one attached hydrogen (secondary N) is 2. The van der Waals surface area contributed by atoms with Gasteiger partial charge in [0.2, 0.25) is 0 Å². The molecule has 12 heteroatoms. The first-order chi connectivity index (χ1) is 15.8. The van der Waals surface area contributed by atoms with E-state index in [2.05, 4.69) is 15.7 Å². The molecule has 0 unspecified atom stereocenters. The Morgan fingerprint density at radius 2 is 1.83 bits per heavy atom. The zero-order valence-electron chi connectivity index (χ0n) is 19.5. The maximum atomic E-state index is 12.5. The van der Waals surface area contributed by atoms with Crippen LogP contribution in [0.3, 0.4) is 0 Å². The van der Waals surface area contributed by atoms with Crippen molar-refractivity contribution in [3.05, 3.63) is 82.9 Å². The van der Waals surface area contributed by atoms with E-state index in [1.807, 2.05) is 24.3 Å². The van der Waals surface area contributed by atoms with Crippen molar-refractivity contribution in [2.24, 2.45) is 7.05 Å². The predicted molar refractivity (Wildman–Crippen MR) is 117 cm³/mol. The maximum absolute atomic E-state index is 12.5. The molecule has 2 aromatic heterocycles. The molecule has 0 saturated carbocycles. The van der Waals surface area contributed by atoms with Crippen LogP contribution in [0.5, 0.6) is 5.75 Å². The summed E-state index contributed by atoms with van der Waals surface area (Å²) in [6.45, 7) is 0. The minimum Gasteiger partial charge on any atom is -0.871 e. The molecule has 35 heavy (non-hydrogen) atoms. The number of aliphatic carboxylic acids is 1. The summed E-state index contributed by atoms with van der Waals surface area (Å²) in [6, 6.07) is 13.7. The van der Waals surface area contributed by atoms with Crippen LogP contribution < -0.4 is 85.5 Å². The van der Waals surface area contributed by atoms with Gasteiger partial charge in [0.05, 0.1) is 23.4 Å². The van der Waals surface area contributed by atoms with E-state index in [-0.39, 0.29) is 59.1 Å². The summed E-state index contributed by atoms with van der Waals surface area (Å²) in [5, 5.41) is 33.4. The second-order valence-electron chi connectivity index (χ2n) is 7.41. The van der Waals surface area contributed by atoms with Gasteiger partial charge in [-0.05, 0) is 23.8 Å². The summed E-state index contributed by atoms with van der Waals surface area (Å²) >= 11 is 0. The van der Waals surface area contributed by atoms with Gasteiger partial charge in [-0.2, -0.15) is 5.10 Å². The van der Waals surface area contributed by atoms with Crippen molar-refractivity contribution in [3.8, 4) is 11.4 Å². The van der Waals surface area contributed by atoms with Gasteiger partial charge in [0, 0.05) is 31.0 Å². The number of pyridine rings is 1. The van der Waals surface area contributed by atoms with Crippen LogP contribution >= 0.6 is 0 Å². The van der Waals surface area contributed by atoms with E-state index in [0.717, 1.165) is 21.5 Å². The molecular weight excluding hydrogens is 472 g/mol. The van der Waals surface area contributed by atoms with Crippen LogP contribution in [-0.4, -0.2) is 26.3 Å². The monoisotopic (exact) mass is 491 g/mol. The van der Waals surface area contributed by atoms with Crippen molar-refractivity contribution in [3.63, 3.8) is 0 Å². The normalized spacial score (nSPS) is 11.1. The molecule has 0 aliphatic rings. The Morgan fingerprint density at radius 1 is 1.09 bits per heavy atom. The summed E-state index contributed by atoms with van der Waals surface area (Å²) < 4.78 is 2.85. The zero-order chi connectivity index (χ0) is 23.5. The van der Waals surface area contributed by atoms with Crippen molar-refractivity contribution in [2.75, 3.05) is 5.32 Å². The summed E-state index contributed by atoms with van der Waals surface area (Å²) in [6.07, 6.45) is 2.48. The summed E-state index contributed by atoms with van der Waals surface area (Å²) in [4.78, 5) is 36.1. The zero-order valence-corrected chi connectivity index (χ0v) is 23.5. The molecule has 0 saturated heterocycles. The van der Waals surface area contributed by atoms with Crippen LogP contribution in [0.15, 0.2) is 71.8 Å². The quantitative estimate of drug-likeness (QED) is 0.258. The van der Waals surface area contributed by atoms with Gasteiger partial charge in [0.1, 0.15) is 5.69 Å². The molecule has 10 nitrogen and oxygen atoms in total. The molecule has 2 heterocycles. The summed E-state index contributed by atoms with van der Waals surface area (Å²) in [5.74, 6) is -2.03. The molecule has 168 valence electrons. The number of hydrogen-bond acceptors (Lipinski definition) is 6. The molecule has 4 rings (SSSR count). The van der Waals surface area contributed by atoms with Gasteiger partial charge in [-0.15, -0.1) is 0 Å². The number of carbonyl (C=O) groups is 2. The molecule has 2 aromatic carbocycles. The molecule has 0 spiro atoms. The fourth-order valence-electron chi connectivity index (χ4n) is 3.50. The minimum absolute atomic E-state index is 0. The van der Waals surface area contributed by atoms with E-state index in [9.17, 15) is 24.6 Å². The van der Waals surface area contributed by atoms with Crippen LogP contribution in [0.1, 0.15) is 18.0 Å². The van der Waals surface area contributed by atoms with E-state index in [1.165, 1.54) is 13.2 Å². The van der Waals surface area contributed by atoms with Gasteiger partial charge >= 0.3 is 65.1 Å². The van der Waals surface area contributed by atoms with Gasteiger partial charge in [0.25, 0.3) is 5.56 Å². The number of benzene rings is 2. The third kappa shape index (κ3) is 6.54. The van der Waals surface area contributed by atoms with Gasteiger partial charge < -0.3 is 30.2 Å². The SMILES string of the molecule is Cn1ccc([O-])c(NC(=O)N[C@@H](CC(=O)[O-])c2cccc(-n3ncc4ccccc43)c2)c1=O.[Na+].[Na+]. The number of aromatic nitrogens is 3. The number of nitrogens with zero attached hydrogens (tertiary/aromatic N) is 3. The maximum Gasteiger partial charge on any atom is 1.00 e. The molecule has 0 aliphatic heterocycles. The fraction of sp³-hybridized carbons (Fsp3) is 0.130. The number of para-hydroxylation sites is 1. The Labute approximate surface area is 244 Å². The number of anilines is 1. The third-order valence-corrected chi connectivity index (χ3v) is 5.14. The third-order valence-electron chi connectivity index (χ3n) is 5.14. The second kappa shape index (κ2) is 12.4. The molecule has 0 bridgehead atoms. The van der Waals surface area contributed by atoms with Gasteiger partial charge in [-0.1, -0.05) is 42.1 Å². The summed E-state index contributed by atoms with van der Waals surface area (Å²) in [5.41, 5.74) is 0.899. The number of carboxylic acid groups (broad SMARTS) is 1. The van der Waals surface area contributed by atoms with Crippen molar-refractivity contribution in [2.45, 2.75) is 12.5 Å². The van der Waals surface area contributed by atoms with Crippen molar-refractivity contribution in [1.29, 1.82) is 0 Å². The molecule has 2 amide bonds. The van der Waals surface area contributed by atoms with Crippen LogP contribution in [0, 0.1) is 0 Å². The van der Waals surface area contributed by atoms with E-state index in [4.69, 9.17) is 0 Å². The number of carbonyl (C=O) groups excluding carboxylic acids is 2. The molecule has 2 N–H and O–H groups in total. The molecule has 0 fully saturated rings. The van der Waals surface area contributed by atoms with E-state index in [1.54, 1.807) is 35.1 Å². The van der Waals surface area contributed by atoms with E-state index in [0.29, 0.717) is 11.3 Å². The Hall–Kier alpha value is -2.60. The average molecular weight is 491 g/mol. The number of carboxylic acids is 1. The topological polar surface area (TPSA) is 144 Å². The predicted octanol–water partition coefficient (Wildman–Crippen LogP) is -5.19. The molecule has 1 atom stereocenters. The Bertz CT molecular complexity index is 1420. The Kier molecular flexibility index (Phi) is 10.1. The van der Waals surface area contributed by atoms with Crippen molar-refractivity contribution >= 4 is 28.6 Å². The van der Waals surface area contributed by atoms with Crippen molar-refractivity contribution < 1.29 is 78.9 Å². The van der Waals surface area contributed by atoms with Gasteiger partial charge in [-0.3, -0.25) is 4.79 Å². The standard InChI is InChI=1S/C23H21N5O5.2Na/c1-27-10-9-19(29)21(22(27)32)26-23(33)25-17(12-20(30)31)14-6-4-7-16(11-14)28-18-8-3-2-5-15(18)13-24-28;;/h2-11,13,17,29H,12H2,1H3,(H,30,31)(H2,25,26,33);;/q;2*+1/p-2/t17-;;/m0../s1. The number of fused-ring (bicyclic) bond motifs is 1. The van der Waals surface area contributed by atoms with Crippen LogP contribution in [0.25, 0.3) is 16.6 Å². The van der Waals surface area contributed by atoms with Gasteiger partial charge in [-0.25, -0.2) is 9.48 Å². The first-order valence-corrected chi connectivity index (χ1v) is 10.0.